The van der Waals surface area contributed by atoms with Crippen molar-refractivity contribution in [2.75, 3.05) is 39.3 Å². The van der Waals surface area contributed by atoms with E-state index in [1.165, 1.54) is 32.1 Å². The average Bonchev–Trinajstić information content (AvgIpc) is 3.70. The van der Waals surface area contributed by atoms with E-state index in [1.54, 1.807) is 15.5 Å². The number of piperidine rings is 1. The number of carbonyl (C=O) groups excluding carboxylic acids is 2. The van der Waals surface area contributed by atoms with Gasteiger partial charge >= 0.3 is 17.5 Å². The molecule has 2 aliphatic heterocycles. The second kappa shape index (κ2) is 13.9. The molecule has 254 valence electrons. The minimum atomic E-state index is -1.03. The lowest BCUT2D eigenvalue weighted by molar-refractivity contribution is -0.143. The van der Waals surface area contributed by atoms with E-state index in [-0.39, 0.29) is 24.1 Å². The van der Waals surface area contributed by atoms with Gasteiger partial charge in [0.2, 0.25) is 0 Å². The molecule has 48 heavy (non-hydrogen) atoms. The third-order valence-corrected chi connectivity index (χ3v) is 10.4. The van der Waals surface area contributed by atoms with E-state index in [2.05, 4.69) is 14.9 Å². The van der Waals surface area contributed by atoms with Crippen LogP contribution in [0.4, 0.5) is 4.79 Å². The number of nitrogens with one attached hydrogen (secondary N) is 2. The van der Waals surface area contributed by atoms with E-state index in [4.69, 9.17) is 9.15 Å². The molecule has 2 aromatic heterocycles. The molecule has 1 aliphatic carbocycles. The fraction of sp³-hybridized carbons (Fsp3) is 0.500. The number of piperazine rings is 1. The van der Waals surface area contributed by atoms with Crippen molar-refractivity contribution in [3.63, 3.8) is 0 Å². The van der Waals surface area contributed by atoms with E-state index in [9.17, 15) is 19.2 Å². The summed E-state index contributed by atoms with van der Waals surface area (Å²) in [5.41, 5.74) is 4.10. The largest absolute Gasteiger partial charge is 0.436 e. The number of ether oxygens (including phenoxy) is 1. The first-order valence-corrected chi connectivity index (χ1v) is 17.3. The zero-order valence-corrected chi connectivity index (χ0v) is 27.5. The molecule has 4 aromatic rings. The number of rotatable bonds is 7. The molecule has 4 heterocycles. The van der Waals surface area contributed by atoms with Gasteiger partial charge in [0.15, 0.2) is 11.7 Å². The minimum absolute atomic E-state index is 0.0566. The van der Waals surface area contributed by atoms with Crippen LogP contribution in [0.25, 0.3) is 22.4 Å². The summed E-state index contributed by atoms with van der Waals surface area (Å²) >= 11 is 0. The van der Waals surface area contributed by atoms with Crippen molar-refractivity contribution >= 4 is 23.1 Å². The van der Waals surface area contributed by atoms with Crippen LogP contribution in [0.15, 0.2) is 62.7 Å². The molecule has 3 fully saturated rings. The Bertz CT molecular complexity index is 1850. The molecule has 1 saturated carbocycles. The Morgan fingerprint density at radius 3 is 2.33 bits per heavy atom. The van der Waals surface area contributed by atoms with E-state index in [1.807, 2.05) is 54.4 Å². The lowest BCUT2D eigenvalue weighted by atomic mass is 9.94. The number of aryl methyl sites for hydroxylation is 1. The van der Waals surface area contributed by atoms with Crippen LogP contribution in [0.2, 0.25) is 0 Å². The van der Waals surface area contributed by atoms with Crippen molar-refractivity contribution in [2.45, 2.75) is 76.5 Å². The summed E-state index contributed by atoms with van der Waals surface area (Å²) in [5, 5.41) is 0. The molecule has 0 radical (unpaired) electrons. The second-order valence-corrected chi connectivity index (χ2v) is 13.5. The topological polar surface area (TPSA) is 137 Å². The number of H-pyrrole nitrogens is 2. The maximum absolute atomic E-state index is 14.0. The van der Waals surface area contributed by atoms with Crippen LogP contribution in [-0.4, -0.2) is 92.6 Å². The number of aromatic amines is 2. The van der Waals surface area contributed by atoms with Gasteiger partial charge in [-0.1, -0.05) is 55.7 Å². The number of amides is 2. The first-order valence-electron chi connectivity index (χ1n) is 17.3. The van der Waals surface area contributed by atoms with Gasteiger partial charge in [-0.15, -0.1) is 0 Å². The molecule has 3 aliphatic rings. The Labute approximate surface area is 278 Å². The summed E-state index contributed by atoms with van der Waals surface area (Å²) in [4.78, 5) is 64.0. The maximum Gasteiger partial charge on any atom is 0.417 e. The summed E-state index contributed by atoms with van der Waals surface area (Å²) in [7, 11) is 0. The van der Waals surface area contributed by atoms with Gasteiger partial charge in [0.25, 0.3) is 5.91 Å². The van der Waals surface area contributed by atoms with E-state index in [0.29, 0.717) is 56.2 Å². The number of aromatic nitrogens is 3. The van der Waals surface area contributed by atoms with Gasteiger partial charge in [0.05, 0.1) is 11.2 Å². The van der Waals surface area contributed by atoms with Crippen LogP contribution in [0.1, 0.15) is 62.1 Å². The van der Waals surface area contributed by atoms with Crippen LogP contribution in [0.5, 0.6) is 0 Å². The fourth-order valence-corrected chi connectivity index (χ4v) is 7.73. The molecule has 2 aromatic carbocycles. The Kier molecular flexibility index (Phi) is 9.25. The van der Waals surface area contributed by atoms with E-state index < -0.39 is 18.0 Å². The molecule has 0 spiro atoms. The van der Waals surface area contributed by atoms with E-state index >= 15 is 0 Å². The molecular weight excluding hydrogens is 612 g/mol. The van der Waals surface area contributed by atoms with Gasteiger partial charge in [0.1, 0.15) is 0 Å². The number of hydrogen-bond donors (Lipinski definition) is 2. The van der Waals surface area contributed by atoms with Crippen molar-refractivity contribution in [3.05, 3.63) is 80.8 Å². The van der Waals surface area contributed by atoms with Crippen molar-refractivity contribution in [1.29, 1.82) is 0 Å². The molecule has 12 heteroatoms. The molecule has 12 nitrogen and oxygen atoms in total. The lowest BCUT2D eigenvalue weighted by Gasteiger charge is -2.41. The van der Waals surface area contributed by atoms with Crippen LogP contribution in [0, 0.1) is 6.92 Å². The molecule has 0 bridgehead atoms. The predicted molar refractivity (Wildman–Crippen MR) is 181 cm³/mol. The van der Waals surface area contributed by atoms with Crippen molar-refractivity contribution < 1.29 is 18.7 Å². The van der Waals surface area contributed by atoms with Gasteiger partial charge in [0, 0.05) is 64.0 Å². The highest BCUT2D eigenvalue weighted by molar-refractivity contribution is 5.84. The van der Waals surface area contributed by atoms with Gasteiger partial charge in [-0.2, -0.15) is 0 Å². The smallest absolute Gasteiger partial charge is 0.417 e. The summed E-state index contributed by atoms with van der Waals surface area (Å²) in [5.74, 6) is -0.746. The summed E-state index contributed by atoms with van der Waals surface area (Å²) in [6.07, 6.45) is 7.89. The first-order chi connectivity index (χ1) is 23.3. The quantitative estimate of drug-likeness (QED) is 0.300. The normalized spacial score (nSPS) is 19.1. The van der Waals surface area contributed by atoms with Crippen LogP contribution in [0.3, 0.4) is 0 Å². The molecule has 1 atom stereocenters. The Hall–Kier alpha value is -4.58. The Morgan fingerprint density at radius 2 is 1.60 bits per heavy atom. The monoisotopic (exact) mass is 656 g/mol. The Morgan fingerprint density at radius 1 is 0.875 bits per heavy atom. The fourth-order valence-electron chi connectivity index (χ4n) is 7.73. The summed E-state index contributed by atoms with van der Waals surface area (Å²) in [6, 6.07) is 13.9. The van der Waals surface area contributed by atoms with Crippen LogP contribution >= 0.6 is 0 Å². The third kappa shape index (κ3) is 6.85. The standard InChI is InChI=1S/C36H44N6O6/c1-24-20-25(21-30-32(24)38-35(45)47-30)22-31(33(43)40-18-16-39(17-19-40)27-10-6-3-7-11-27)48-36(46)41-14-12-28(13-15-41)42-23-29(37-34(42)44)26-8-4-2-5-9-26/h2,4-5,8-9,20-21,23,27-28,31H,3,6-7,10-19,22H2,1H3,(H,37,44)(H,38,45). The lowest BCUT2D eigenvalue weighted by Crippen LogP contribution is -2.55. The third-order valence-electron chi connectivity index (χ3n) is 10.4. The predicted octanol–water partition coefficient (Wildman–Crippen LogP) is 4.45. The number of hydrogen-bond acceptors (Lipinski definition) is 7. The number of benzene rings is 2. The number of oxazole rings is 1. The molecule has 7 rings (SSSR count). The zero-order valence-electron chi connectivity index (χ0n) is 27.5. The minimum Gasteiger partial charge on any atom is -0.436 e. The van der Waals surface area contributed by atoms with Crippen molar-refractivity contribution in [1.82, 2.24) is 29.2 Å². The molecule has 2 amide bonds. The number of likely N-dealkylation sites (tertiary alicyclic amines) is 1. The van der Waals surface area contributed by atoms with Gasteiger partial charge in [-0.3, -0.25) is 19.2 Å². The highest BCUT2D eigenvalue weighted by Crippen LogP contribution is 2.27. The SMILES string of the molecule is Cc1cc(CC(OC(=O)N2CCC(n3cc(-c4ccccc4)[nH]c3=O)CC2)C(=O)N2CCN(C3CCCCC3)CC2)cc2oc(=O)[nH]c12. The zero-order chi connectivity index (χ0) is 33.2. The Balaban J connectivity index is 1.03. The van der Waals surface area contributed by atoms with Crippen LogP contribution < -0.4 is 11.4 Å². The van der Waals surface area contributed by atoms with Crippen molar-refractivity contribution in [3.8, 4) is 11.3 Å². The second-order valence-electron chi connectivity index (χ2n) is 13.5. The number of carbonyl (C=O) groups is 2. The first kappa shape index (κ1) is 32.0. The number of imidazole rings is 1. The number of nitrogens with zero attached hydrogens (tertiary/aromatic N) is 4. The summed E-state index contributed by atoms with van der Waals surface area (Å²) < 4.78 is 13.1. The van der Waals surface area contributed by atoms with Crippen molar-refractivity contribution in [2.24, 2.45) is 0 Å². The van der Waals surface area contributed by atoms with Crippen LogP contribution in [-0.2, 0) is 16.0 Å². The van der Waals surface area contributed by atoms with Gasteiger partial charge in [-0.05, 0) is 55.4 Å². The summed E-state index contributed by atoms with van der Waals surface area (Å²) in [6.45, 7) is 5.49. The van der Waals surface area contributed by atoms with E-state index in [0.717, 1.165) is 35.5 Å². The molecule has 2 saturated heterocycles. The average molecular weight is 657 g/mol. The van der Waals surface area contributed by atoms with Gasteiger partial charge < -0.3 is 23.9 Å². The molecule has 1 unspecified atom stereocenters. The number of fused-ring (bicyclic) bond motifs is 1. The molecular formula is C36H44N6O6. The molecule has 2 N–H and O–H groups in total. The maximum atomic E-state index is 14.0. The highest BCUT2D eigenvalue weighted by Gasteiger charge is 2.35. The highest BCUT2D eigenvalue weighted by atomic mass is 16.6. The van der Waals surface area contributed by atoms with Gasteiger partial charge in [-0.25, -0.2) is 14.4 Å².